The summed E-state index contributed by atoms with van der Waals surface area (Å²) in [6.45, 7) is 1.15. The molecule has 5 heteroatoms. The zero-order valence-electron chi connectivity index (χ0n) is 5.78. The van der Waals surface area contributed by atoms with Gasteiger partial charge in [0.25, 0.3) is 0 Å². The van der Waals surface area contributed by atoms with E-state index in [2.05, 4.69) is 4.65 Å². The molecule has 0 aromatic carbocycles. The fourth-order valence-electron chi connectivity index (χ4n) is 0.904. The van der Waals surface area contributed by atoms with Gasteiger partial charge in [-0.25, -0.2) is 0 Å². The number of carboxylic acids is 1. The number of hydrogen-bond donors (Lipinski definition) is 1. The van der Waals surface area contributed by atoms with Gasteiger partial charge in [-0.05, 0) is 0 Å². The van der Waals surface area contributed by atoms with E-state index in [9.17, 15) is 4.79 Å². The first-order valence-electron chi connectivity index (χ1n) is 3.07. The SMILES string of the molecule is CO[B]N1CC(C(=O)O)C1. The van der Waals surface area contributed by atoms with Crippen molar-refractivity contribution in [3.63, 3.8) is 0 Å². The fraction of sp³-hybridized carbons (Fsp3) is 0.800. The van der Waals surface area contributed by atoms with Gasteiger partial charge < -0.3 is 14.6 Å². The van der Waals surface area contributed by atoms with Crippen molar-refractivity contribution < 1.29 is 14.6 Å². The molecule has 1 saturated heterocycles. The van der Waals surface area contributed by atoms with Crippen LogP contribution in [-0.2, 0) is 9.45 Å². The van der Waals surface area contributed by atoms with Gasteiger partial charge in [-0.15, -0.1) is 0 Å². The van der Waals surface area contributed by atoms with Gasteiger partial charge in [0.2, 0.25) is 0 Å². The molecule has 0 amide bonds. The van der Waals surface area contributed by atoms with Crippen LogP contribution in [0.25, 0.3) is 0 Å². The van der Waals surface area contributed by atoms with E-state index in [1.165, 1.54) is 0 Å². The Morgan fingerprint density at radius 1 is 1.80 bits per heavy atom. The summed E-state index contributed by atoms with van der Waals surface area (Å²) in [6.07, 6.45) is 0. The molecule has 1 rings (SSSR count). The second-order valence-corrected chi connectivity index (χ2v) is 2.33. The molecular weight excluding hydrogens is 133 g/mol. The van der Waals surface area contributed by atoms with Crippen molar-refractivity contribution in [3.8, 4) is 0 Å². The molecule has 4 nitrogen and oxygen atoms in total. The second-order valence-electron chi connectivity index (χ2n) is 2.33. The summed E-state index contributed by atoms with van der Waals surface area (Å²) in [6, 6.07) is 0. The second kappa shape index (κ2) is 3.03. The van der Waals surface area contributed by atoms with Crippen LogP contribution in [0.2, 0.25) is 0 Å². The third-order valence-corrected chi connectivity index (χ3v) is 1.51. The minimum atomic E-state index is -0.722. The molecule has 0 saturated carbocycles. The van der Waals surface area contributed by atoms with Crippen molar-refractivity contribution in [2.24, 2.45) is 5.92 Å². The van der Waals surface area contributed by atoms with Crippen molar-refractivity contribution in [1.82, 2.24) is 4.81 Å². The first kappa shape index (κ1) is 7.56. The van der Waals surface area contributed by atoms with Crippen LogP contribution >= 0.6 is 0 Å². The van der Waals surface area contributed by atoms with E-state index in [-0.39, 0.29) is 5.92 Å². The predicted octanol–water partition coefficient (Wildman–Crippen LogP) is -0.817. The van der Waals surface area contributed by atoms with Crippen molar-refractivity contribution >= 4 is 13.6 Å². The molecule has 0 unspecified atom stereocenters. The number of carbonyl (C=O) groups is 1. The van der Waals surface area contributed by atoms with Gasteiger partial charge >= 0.3 is 13.6 Å². The lowest BCUT2D eigenvalue weighted by Crippen LogP contribution is -2.52. The highest BCUT2D eigenvalue weighted by Crippen LogP contribution is 2.13. The Balaban J connectivity index is 2.12. The Kier molecular flexibility index (Phi) is 2.29. The monoisotopic (exact) mass is 142 g/mol. The topological polar surface area (TPSA) is 49.8 Å². The van der Waals surface area contributed by atoms with Crippen molar-refractivity contribution in [1.29, 1.82) is 0 Å². The summed E-state index contributed by atoms with van der Waals surface area (Å²) in [4.78, 5) is 12.1. The maximum atomic E-state index is 10.3. The predicted molar refractivity (Wildman–Crippen MR) is 35.5 cm³/mol. The normalized spacial score (nSPS) is 20.1. The van der Waals surface area contributed by atoms with Gasteiger partial charge in [-0.1, -0.05) is 0 Å². The van der Waals surface area contributed by atoms with Gasteiger partial charge in [0, 0.05) is 20.2 Å². The van der Waals surface area contributed by atoms with Gasteiger partial charge in [-0.2, -0.15) is 0 Å². The Hall–Kier alpha value is -0.545. The van der Waals surface area contributed by atoms with Gasteiger partial charge in [-0.3, -0.25) is 4.79 Å². The standard InChI is InChI=1S/C5H9BNO3/c1-10-6-7-2-4(3-7)5(8)9/h4H,2-3H2,1H3,(H,8,9). The summed E-state index contributed by atoms with van der Waals surface area (Å²) in [5.74, 6) is -0.924. The van der Waals surface area contributed by atoms with E-state index in [0.717, 1.165) is 0 Å². The molecule has 1 radical (unpaired) electrons. The Labute approximate surface area is 60.1 Å². The maximum Gasteiger partial charge on any atom is 0.398 e. The highest BCUT2D eigenvalue weighted by atomic mass is 16.4. The first-order chi connectivity index (χ1) is 4.74. The summed E-state index contributed by atoms with van der Waals surface area (Å²) < 4.78 is 4.68. The van der Waals surface area contributed by atoms with E-state index in [1.807, 2.05) is 4.81 Å². The van der Waals surface area contributed by atoms with Crippen LogP contribution in [0.1, 0.15) is 0 Å². The molecule has 0 aromatic heterocycles. The summed E-state index contributed by atoms with van der Waals surface area (Å²) in [5.41, 5.74) is 0. The summed E-state index contributed by atoms with van der Waals surface area (Å²) in [7, 11) is 3.09. The van der Waals surface area contributed by atoms with Crippen molar-refractivity contribution in [2.45, 2.75) is 0 Å². The largest absolute Gasteiger partial charge is 0.481 e. The fourth-order valence-corrected chi connectivity index (χ4v) is 0.904. The van der Waals surface area contributed by atoms with Crippen LogP contribution in [-0.4, -0.2) is 43.7 Å². The van der Waals surface area contributed by atoms with Crippen molar-refractivity contribution in [2.75, 3.05) is 20.2 Å². The number of aliphatic carboxylic acids is 1. The zero-order valence-corrected chi connectivity index (χ0v) is 5.78. The Morgan fingerprint density at radius 2 is 2.40 bits per heavy atom. The molecule has 1 aliphatic rings. The molecule has 1 fully saturated rings. The third-order valence-electron chi connectivity index (χ3n) is 1.51. The Bertz CT molecular complexity index is 135. The molecule has 0 aliphatic carbocycles. The molecule has 0 atom stereocenters. The van der Waals surface area contributed by atoms with Gasteiger partial charge in [0.05, 0.1) is 5.92 Å². The lowest BCUT2D eigenvalue weighted by atomic mass is 9.94. The highest BCUT2D eigenvalue weighted by Gasteiger charge is 2.32. The van der Waals surface area contributed by atoms with Gasteiger partial charge in [0.15, 0.2) is 0 Å². The smallest absolute Gasteiger partial charge is 0.398 e. The lowest BCUT2D eigenvalue weighted by Gasteiger charge is -2.34. The molecular formula is C5H9BNO3. The average molecular weight is 142 g/mol. The summed E-state index contributed by atoms with van der Waals surface area (Å²) in [5, 5.41) is 8.44. The van der Waals surface area contributed by atoms with Gasteiger partial charge in [0.1, 0.15) is 0 Å². The molecule has 1 aliphatic heterocycles. The summed E-state index contributed by atoms with van der Waals surface area (Å²) >= 11 is 0. The van der Waals surface area contributed by atoms with E-state index in [4.69, 9.17) is 5.11 Å². The number of nitrogens with zero attached hydrogens (tertiary/aromatic N) is 1. The maximum absolute atomic E-state index is 10.3. The third kappa shape index (κ3) is 1.49. The number of hydrogen-bond acceptors (Lipinski definition) is 3. The lowest BCUT2D eigenvalue weighted by molar-refractivity contribution is -0.145. The zero-order chi connectivity index (χ0) is 7.56. The molecule has 1 heterocycles. The molecule has 1 N–H and O–H groups in total. The van der Waals surface area contributed by atoms with Crippen LogP contribution in [0.4, 0.5) is 0 Å². The number of rotatable bonds is 3. The molecule has 0 spiro atoms. The first-order valence-corrected chi connectivity index (χ1v) is 3.07. The van der Waals surface area contributed by atoms with E-state index in [0.29, 0.717) is 13.1 Å². The van der Waals surface area contributed by atoms with Crippen LogP contribution in [0.15, 0.2) is 0 Å². The van der Waals surface area contributed by atoms with Crippen LogP contribution < -0.4 is 0 Å². The van der Waals surface area contributed by atoms with Crippen LogP contribution in [0.5, 0.6) is 0 Å². The quantitative estimate of drug-likeness (QED) is 0.523. The average Bonchev–Trinajstić information content (AvgIpc) is 1.76. The minimum Gasteiger partial charge on any atom is -0.481 e. The van der Waals surface area contributed by atoms with Crippen molar-refractivity contribution in [3.05, 3.63) is 0 Å². The highest BCUT2D eigenvalue weighted by molar-refractivity contribution is 6.23. The van der Waals surface area contributed by atoms with E-state index < -0.39 is 5.97 Å². The van der Waals surface area contributed by atoms with E-state index in [1.54, 1.807) is 14.7 Å². The van der Waals surface area contributed by atoms with Crippen LogP contribution in [0.3, 0.4) is 0 Å². The molecule has 10 heavy (non-hydrogen) atoms. The van der Waals surface area contributed by atoms with Crippen LogP contribution in [0, 0.1) is 5.92 Å². The molecule has 0 bridgehead atoms. The molecule has 0 aromatic rings. The minimum absolute atomic E-state index is 0.202. The Morgan fingerprint density at radius 3 is 2.80 bits per heavy atom. The molecule has 55 valence electrons. The number of carboxylic acid groups (broad SMARTS) is 1. The van der Waals surface area contributed by atoms with E-state index >= 15 is 0 Å².